The van der Waals surface area contributed by atoms with Crippen LogP contribution in [0.2, 0.25) is 0 Å². The molecule has 0 aromatic heterocycles. The van der Waals surface area contributed by atoms with E-state index in [1.54, 1.807) is 0 Å². The highest BCUT2D eigenvalue weighted by atomic mass is 14.1. The first-order valence-electron chi connectivity index (χ1n) is 7.36. The van der Waals surface area contributed by atoms with E-state index in [0.717, 1.165) is 19.3 Å². The van der Waals surface area contributed by atoms with Crippen LogP contribution in [0.15, 0.2) is 66.8 Å². The molecule has 102 valence electrons. The third kappa shape index (κ3) is 6.81. The van der Waals surface area contributed by atoms with Gasteiger partial charge in [-0.2, -0.15) is 0 Å². The molecular weight excluding hydrogens is 228 g/mol. The van der Waals surface area contributed by atoms with Gasteiger partial charge in [0.15, 0.2) is 0 Å². The van der Waals surface area contributed by atoms with E-state index in [-0.39, 0.29) is 0 Å². The average Bonchev–Trinajstić information content (AvgIpc) is 2.46. The predicted octanol–water partition coefficient (Wildman–Crippen LogP) is 6.04. The zero-order valence-corrected chi connectivity index (χ0v) is 12.3. The Hall–Kier alpha value is -1.56. The maximum absolute atomic E-state index is 2.33. The molecule has 0 aliphatic heterocycles. The van der Waals surface area contributed by atoms with Crippen molar-refractivity contribution in [1.29, 1.82) is 0 Å². The van der Waals surface area contributed by atoms with E-state index >= 15 is 0 Å². The van der Waals surface area contributed by atoms with Crippen molar-refractivity contribution < 1.29 is 0 Å². The Morgan fingerprint density at radius 1 is 1.00 bits per heavy atom. The number of hydrogen-bond donors (Lipinski definition) is 0. The van der Waals surface area contributed by atoms with Crippen LogP contribution in [-0.4, -0.2) is 0 Å². The average molecular weight is 254 g/mol. The predicted molar refractivity (Wildman–Crippen MR) is 86.4 cm³/mol. The smallest absolute Gasteiger partial charge is 0.0124 e. The van der Waals surface area contributed by atoms with Crippen LogP contribution in [0.1, 0.15) is 51.0 Å². The first kappa shape index (κ1) is 15.5. The molecule has 1 unspecified atom stereocenters. The van der Waals surface area contributed by atoms with Gasteiger partial charge in [0.2, 0.25) is 0 Å². The minimum absolute atomic E-state index is 0.638. The topological polar surface area (TPSA) is 0 Å². The van der Waals surface area contributed by atoms with E-state index in [2.05, 4.69) is 73.7 Å². The van der Waals surface area contributed by atoms with Gasteiger partial charge in [0.05, 0.1) is 0 Å². The molecule has 0 saturated heterocycles. The molecule has 0 aliphatic rings. The summed E-state index contributed by atoms with van der Waals surface area (Å²) >= 11 is 0. The van der Waals surface area contributed by atoms with Gasteiger partial charge in [-0.15, -0.1) is 0 Å². The Bertz CT molecular complexity index is 395. The van der Waals surface area contributed by atoms with Gasteiger partial charge in [-0.05, 0) is 44.1 Å². The van der Waals surface area contributed by atoms with Crippen LogP contribution in [0.3, 0.4) is 0 Å². The molecule has 19 heavy (non-hydrogen) atoms. The largest absolute Gasteiger partial charge is 0.0888 e. The third-order valence-corrected chi connectivity index (χ3v) is 3.22. The number of allylic oxidation sites excluding steroid dienone is 6. The van der Waals surface area contributed by atoms with E-state index < -0.39 is 0 Å². The zero-order valence-electron chi connectivity index (χ0n) is 12.3. The Morgan fingerprint density at radius 2 is 1.79 bits per heavy atom. The van der Waals surface area contributed by atoms with Crippen LogP contribution in [0.5, 0.6) is 0 Å². The van der Waals surface area contributed by atoms with Crippen molar-refractivity contribution in [3.05, 3.63) is 72.4 Å². The summed E-state index contributed by atoms with van der Waals surface area (Å²) in [6.45, 7) is 4.24. The lowest BCUT2D eigenvalue weighted by Gasteiger charge is -2.14. The highest BCUT2D eigenvalue weighted by Crippen LogP contribution is 2.25. The van der Waals surface area contributed by atoms with Crippen LogP contribution in [0.4, 0.5) is 0 Å². The van der Waals surface area contributed by atoms with Crippen LogP contribution < -0.4 is 0 Å². The number of rotatable bonds is 8. The molecule has 1 aromatic carbocycles. The van der Waals surface area contributed by atoms with Crippen molar-refractivity contribution in [2.75, 3.05) is 0 Å². The third-order valence-electron chi connectivity index (χ3n) is 3.22. The Kier molecular flexibility index (Phi) is 8.46. The summed E-state index contributed by atoms with van der Waals surface area (Å²) in [5.41, 5.74) is 1.46. The summed E-state index contributed by atoms with van der Waals surface area (Å²) in [4.78, 5) is 0. The summed E-state index contributed by atoms with van der Waals surface area (Å²) < 4.78 is 0. The molecule has 0 radical (unpaired) electrons. The normalized spacial score (nSPS) is 13.8. The fraction of sp³-hybridized carbons (Fsp3) is 0.368. The standard InChI is InChI=1S/C19H26/c1-3-5-7-8-11-15-18(14-10-6-4-2)19-16-12-9-13-17-19/h3,5-10,12-13,16-18H,4,11,14-15H2,1-2H3/b5-3-,8-7-,10-6-. The molecule has 1 atom stereocenters. The maximum Gasteiger partial charge on any atom is -0.0124 e. The van der Waals surface area contributed by atoms with Crippen molar-refractivity contribution in [3.63, 3.8) is 0 Å². The molecule has 0 aliphatic carbocycles. The van der Waals surface area contributed by atoms with E-state index in [1.165, 1.54) is 12.0 Å². The second kappa shape index (κ2) is 10.4. The van der Waals surface area contributed by atoms with Crippen molar-refractivity contribution in [2.45, 2.75) is 45.4 Å². The van der Waals surface area contributed by atoms with Gasteiger partial charge < -0.3 is 0 Å². The molecule has 1 aromatic rings. The van der Waals surface area contributed by atoms with E-state index in [0.29, 0.717) is 5.92 Å². The quantitative estimate of drug-likeness (QED) is 0.392. The monoisotopic (exact) mass is 254 g/mol. The minimum atomic E-state index is 0.638. The number of hydrogen-bond acceptors (Lipinski definition) is 0. The molecule has 0 heterocycles. The lowest BCUT2D eigenvalue weighted by molar-refractivity contribution is 0.640. The van der Waals surface area contributed by atoms with Gasteiger partial charge >= 0.3 is 0 Å². The van der Waals surface area contributed by atoms with Gasteiger partial charge in [-0.1, -0.05) is 73.7 Å². The van der Waals surface area contributed by atoms with Crippen LogP contribution in [-0.2, 0) is 0 Å². The molecule has 0 saturated carbocycles. The molecule has 0 bridgehead atoms. The summed E-state index contributed by atoms with van der Waals surface area (Å²) in [6, 6.07) is 10.9. The molecule has 0 amide bonds. The zero-order chi connectivity index (χ0) is 13.8. The van der Waals surface area contributed by atoms with E-state index in [1.807, 2.05) is 6.92 Å². The molecule has 1 rings (SSSR count). The van der Waals surface area contributed by atoms with Gasteiger partial charge in [0.25, 0.3) is 0 Å². The summed E-state index contributed by atoms with van der Waals surface area (Å²) in [7, 11) is 0. The fourth-order valence-corrected chi connectivity index (χ4v) is 2.16. The van der Waals surface area contributed by atoms with Gasteiger partial charge in [0, 0.05) is 0 Å². The van der Waals surface area contributed by atoms with E-state index in [4.69, 9.17) is 0 Å². The Balaban J connectivity index is 2.57. The number of benzene rings is 1. The summed E-state index contributed by atoms with van der Waals surface area (Å²) in [5.74, 6) is 0.638. The molecule has 0 spiro atoms. The first-order chi connectivity index (χ1) is 9.38. The van der Waals surface area contributed by atoms with Gasteiger partial charge in [-0.25, -0.2) is 0 Å². The Labute approximate surface area is 118 Å². The molecule has 0 fully saturated rings. The SMILES string of the molecule is C/C=C\C=C/CCC(C/C=C\CC)c1ccccc1. The van der Waals surface area contributed by atoms with Gasteiger partial charge in [0.1, 0.15) is 0 Å². The van der Waals surface area contributed by atoms with Crippen molar-refractivity contribution in [2.24, 2.45) is 0 Å². The summed E-state index contributed by atoms with van der Waals surface area (Å²) in [5, 5.41) is 0. The Morgan fingerprint density at radius 3 is 2.47 bits per heavy atom. The lowest BCUT2D eigenvalue weighted by atomic mass is 9.91. The van der Waals surface area contributed by atoms with Gasteiger partial charge in [-0.3, -0.25) is 0 Å². The fourth-order valence-electron chi connectivity index (χ4n) is 2.16. The highest BCUT2D eigenvalue weighted by Gasteiger charge is 2.08. The highest BCUT2D eigenvalue weighted by molar-refractivity contribution is 5.20. The molecule has 0 N–H and O–H groups in total. The second-order valence-corrected chi connectivity index (χ2v) is 4.75. The molecule has 0 nitrogen and oxygen atoms in total. The van der Waals surface area contributed by atoms with Crippen molar-refractivity contribution in [1.82, 2.24) is 0 Å². The lowest BCUT2D eigenvalue weighted by Crippen LogP contribution is -1.97. The second-order valence-electron chi connectivity index (χ2n) is 4.75. The molecular formula is C19H26. The van der Waals surface area contributed by atoms with Crippen LogP contribution in [0.25, 0.3) is 0 Å². The van der Waals surface area contributed by atoms with Crippen molar-refractivity contribution >= 4 is 0 Å². The maximum atomic E-state index is 2.33. The van der Waals surface area contributed by atoms with E-state index in [9.17, 15) is 0 Å². The van der Waals surface area contributed by atoms with Crippen molar-refractivity contribution in [3.8, 4) is 0 Å². The van der Waals surface area contributed by atoms with Crippen LogP contribution in [0, 0.1) is 0 Å². The minimum Gasteiger partial charge on any atom is -0.0888 e. The summed E-state index contributed by atoms with van der Waals surface area (Å²) in [6.07, 6.45) is 17.8. The first-order valence-corrected chi connectivity index (χ1v) is 7.36. The van der Waals surface area contributed by atoms with Crippen LogP contribution >= 0.6 is 0 Å². The molecule has 0 heteroatoms.